The summed E-state index contributed by atoms with van der Waals surface area (Å²) >= 11 is 0. The highest BCUT2D eigenvalue weighted by molar-refractivity contribution is 5.92. The van der Waals surface area contributed by atoms with E-state index < -0.39 is 0 Å². The van der Waals surface area contributed by atoms with E-state index in [1.807, 2.05) is 0 Å². The molecule has 1 aliphatic heterocycles. The van der Waals surface area contributed by atoms with Gasteiger partial charge in [0.1, 0.15) is 0 Å². The molecule has 3 aliphatic rings. The average Bonchev–Trinajstić information content (AvgIpc) is 3.02. The van der Waals surface area contributed by atoms with Crippen LogP contribution in [0.25, 0.3) is 0 Å². The molecule has 0 aromatic rings. The van der Waals surface area contributed by atoms with E-state index in [4.69, 9.17) is 0 Å². The second-order valence-electron chi connectivity index (χ2n) is 8.16. The molecule has 0 radical (unpaired) electrons. The Labute approximate surface area is 123 Å². The minimum Gasteiger partial charge on any atom is -0.323 e. The van der Waals surface area contributed by atoms with Crippen LogP contribution in [-0.2, 0) is 4.79 Å². The lowest BCUT2D eigenvalue weighted by Crippen LogP contribution is -2.48. The molecule has 3 heteroatoms. The van der Waals surface area contributed by atoms with E-state index in [-0.39, 0.29) is 11.7 Å². The van der Waals surface area contributed by atoms with Gasteiger partial charge in [-0.05, 0) is 56.3 Å². The van der Waals surface area contributed by atoms with Gasteiger partial charge < -0.3 is 4.90 Å². The van der Waals surface area contributed by atoms with E-state index >= 15 is 0 Å². The first-order chi connectivity index (χ1) is 9.41. The van der Waals surface area contributed by atoms with Crippen LogP contribution in [0.5, 0.6) is 0 Å². The lowest BCUT2D eigenvalue weighted by atomic mass is 9.79. The van der Waals surface area contributed by atoms with Crippen LogP contribution in [0.15, 0.2) is 0 Å². The Morgan fingerprint density at radius 3 is 2.30 bits per heavy atom. The third kappa shape index (κ3) is 2.49. The first-order valence-electron chi connectivity index (χ1n) is 8.52. The van der Waals surface area contributed by atoms with Gasteiger partial charge in [0.05, 0.1) is 11.7 Å². The molecule has 0 aromatic carbocycles. The van der Waals surface area contributed by atoms with Gasteiger partial charge in [-0.2, -0.15) is 0 Å². The number of carbonyl (C=O) groups excluding carboxylic acids is 1. The molecule has 3 nitrogen and oxygen atoms in total. The van der Waals surface area contributed by atoms with Gasteiger partial charge in [-0.25, -0.2) is 0 Å². The minimum absolute atomic E-state index is 0.149. The lowest BCUT2D eigenvalue weighted by molar-refractivity contribution is -0.134. The molecule has 3 unspecified atom stereocenters. The molecule has 1 saturated heterocycles. The predicted molar refractivity (Wildman–Crippen MR) is 81.2 cm³/mol. The number of nitrogens with zero attached hydrogens (tertiary/aromatic N) is 1. The summed E-state index contributed by atoms with van der Waals surface area (Å²) in [5.74, 6) is 2.56. The molecule has 20 heavy (non-hydrogen) atoms. The number of carbonyl (C=O) groups is 1. The molecule has 0 aromatic heterocycles. The largest absolute Gasteiger partial charge is 0.323 e. The molecular weight excluding hydrogens is 248 g/mol. The molecule has 114 valence electrons. The molecule has 3 atom stereocenters. The van der Waals surface area contributed by atoms with Crippen molar-refractivity contribution in [2.75, 3.05) is 0 Å². The van der Waals surface area contributed by atoms with Gasteiger partial charge in [0.25, 0.3) is 0 Å². The van der Waals surface area contributed by atoms with Crippen molar-refractivity contribution in [1.82, 2.24) is 10.2 Å². The number of rotatable bonds is 3. The predicted octanol–water partition coefficient (Wildman–Crippen LogP) is 3.15. The van der Waals surface area contributed by atoms with Crippen LogP contribution in [0.3, 0.4) is 0 Å². The van der Waals surface area contributed by atoms with E-state index in [9.17, 15) is 4.79 Å². The fraction of sp³-hybridized carbons (Fsp3) is 0.941. The standard InChI is InChI=1S/C17H30N2O/c1-11(2)7-15-18-17(5-6-17)16(20)19(15)14-9-12(3)8-13(4)10-14/h11-15,18H,5-10H2,1-4H3. The molecule has 1 amide bonds. The summed E-state index contributed by atoms with van der Waals surface area (Å²) in [5.41, 5.74) is -0.149. The molecule has 1 N–H and O–H groups in total. The zero-order valence-electron chi connectivity index (χ0n) is 13.5. The smallest absolute Gasteiger partial charge is 0.244 e. The normalized spacial score (nSPS) is 39.9. The van der Waals surface area contributed by atoms with E-state index in [1.165, 1.54) is 19.3 Å². The summed E-state index contributed by atoms with van der Waals surface area (Å²) in [6, 6.07) is 0.470. The summed E-state index contributed by atoms with van der Waals surface area (Å²) in [5, 5.41) is 3.68. The highest BCUT2D eigenvalue weighted by atomic mass is 16.2. The maximum atomic E-state index is 12.9. The van der Waals surface area contributed by atoms with E-state index in [1.54, 1.807) is 0 Å². The summed E-state index contributed by atoms with van der Waals surface area (Å²) in [6.07, 6.45) is 7.19. The minimum atomic E-state index is -0.149. The Morgan fingerprint density at radius 1 is 1.20 bits per heavy atom. The van der Waals surface area contributed by atoms with Gasteiger partial charge in [0, 0.05) is 6.04 Å². The average molecular weight is 278 g/mol. The molecule has 1 heterocycles. The van der Waals surface area contributed by atoms with Crippen LogP contribution in [0, 0.1) is 17.8 Å². The number of nitrogens with one attached hydrogen (secondary N) is 1. The Bertz CT molecular complexity index is 378. The SMILES string of the molecule is CC(C)CC1NC2(CC2)C(=O)N1C1CC(C)CC(C)C1. The topological polar surface area (TPSA) is 32.3 Å². The number of amides is 1. The van der Waals surface area contributed by atoms with Crippen LogP contribution in [0.1, 0.15) is 66.2 Å². The number of hydrogen-bond donors (Lipinski definition) is 1. The van der Waals surface area contributed by atoms with Crippen LogP contribution in [0.4, 0.5) is 0 Å². The Balaban J connectivity index is 1.78. The Morgan fingerprint density at radius 2 is 1.80 bits per heavy atom. The molecular formula is C17H30N2O. The van der Waals surface area contributed by atoms with Gasteiger partial charge in [-0.1, -0.05) is 27.7 Å². The van der Waals surface area contributed by atoms with Gasteiger partial charge in [-0.3, -0.25) is 10.1 Å². The molecule has 2 saturated carbocycles. The first kappa shape index (κ1) is 14.4. The molecule has 2 aliphatic carbocycles. The van der Waals surface area contributed by atoms with Gasteiger partial charge >= 0.3 is 0 Å². The maximum Gasteiger partial charge on any atom is 0.244 e. The van der Waals surface area contributed by atoms with Crippen molar-refractivity contribution in [2.45, 2.75) is 84.0 Å². The Kier molecular flexibility index (Phi) is 3.60. The third-order valence-corrected chi connectivity index (χ3v) is 5.41. The quantitative estimate of drug-likeness (QED) is 0.860. The molecule has 1 spiro atoms. The fourth-order valence-corrected chi connectivity index (χ4v) is 4.49. The van der Waals surface area contributed by atoms with Gasteiger partial charge in [0.2, 0.25) is 5.91 Å². The van der Waals surface area contributed by atoms with E-state index in [0.29, 0.717) is 17.9 Å². The zero-order chi connectivity index (χ0) is 14.5. The van der Waals surface area contributed by atoms with Gasteiger partial charge in [-0.15, -0.1) is 0 Å². The molecule has 0 bridgehead atoms. The number of hydrogen-bond acceptors (Lipinski definition) is 2. The van der Waals surface area contributed by atoms with Crippen molar-refractivity contribution in [1.29, 1.82) is 0 Å². The van der Waals surface area contributed by atoms with Crippen molar-refractivity contribution in [3.8, 4) is 0 Å². The maximum absolute atomic E-state index is 12.9. The molecule has 3 fully saturated rings. The van der Waals surface area contributed by atoms with Crippen LogP contribution in [-0.4, -0.2) is 28.6 Å². The zero-order valence-corrected chi connectivity index (χ0v) is 13.5. The second kappa shape index (κ2) is 5.01. The lowest BCUT2D eigenvalue weighted by Gasteiger charge is -2.40. The first-order valence-corrected chi connectivity index (χ1v) is 8.52. The van der Waals surface area contributed by atoms with Crippen molar-refractivity contribution < 1.29 is 4.79 Å². The third-order valence-electron chi connectivity index (χ3n) is 5.41. The van der Waals surface area contributed by atoms with Crippen molar-refractivity contribution in [2.24, 2.45) is 17.8 Å². The second-order valence-corrected chi connectivity index (χ2v) is 8.16. The summed E-state index contributed by atoms with van der Waals surface area (Å²) in [4.78, 5) is 15.1. The summed E-state index contributed by atoms with van der Waals surface area (Å²) in [6.45, 7) is 9.21. The van der Waals surface area contributed by atoms with E-state index in [2.05, 4.69) is 37.9 Å². The van der Waals surface area contributed by atoms with E-state index in [0.717, 1.165) is 31.1 Å². The highest BCUT2D eigenvalue weighted by Crippen LogP contribution is 2.45. The van der Waals surface area contributed by atoms with Crippen molar-refractivity contribution in [3.63, 3.8) is 0 Å². The summed E-state index contributed by atoms with van der Waals surface area (Å²) < 4.78 is 0. The summed E-state index contributed by atoms with van der Waals surface area (Å²) in [7, 11) is 0. The van der Waals surface area contributed by atoms with Crippen LogP contribution >= 0.6 is 0 Å². The molecule has 3 rings (SSSR count). The monoisotopic (exact) mass is 278 g/mol. The van der Waals surface area contributed by atoms with Crippen LogP contribution < -0.4 is 5.32 Å². The Hall–Kier alpha value is -0.570. The fourth-order valence-electron chi connectivity index (χ4n) is 4.49. The highest BCUT2D eigenvalue weighted by Gasteiger charge is 2.60. The van der Waals surface area contributed by atoms with Gasteiger partial charge in [0.15, 0.2) is 0 Å². The van der Waals surface area contributed by atoms with Crippen LogP contribution in [0.2, 0.25) is 0 Å². The van der Waals surface area contributed by atoms with Crippen molar-refractivity contribution >= 4 is 5.91 Å². The van der Waals surface area contributed by atoms with Crippen molar-refractivity contribution in [3.05, 3.63) is 0 Å².